The van der Waals surface area contributed by atoms with E-state index in [-0.39, 0.29) is 5.69 Å². The number of nitro groups is 1. The molecule has 3 rings (SSSR count). The summed E-state index contributed by atoms with van der Waals surface area (Å²) >= 11 is 0. The molecule has 0 aliphatic rings. The van der Waals surface area contributed by atoms with E-state index >= 15 is 0 Å². The van der Waals surface area contributed by atoms with Crippen LogP contribution in [0.15, 0.2) is 83.0 Å². The Hall–Kier alpha value is -3.54. The van der Waals surface area contributed by atoms with E-state index in [0.717, 1.165) is 22.5 Å². The summed E-state index contributed by atoms with van der Waals surface area (Å²) in [6.07, 6.45) is 0. The number of non-ortho nitro benzene ring substituents is 1. The van der Waals surface area contributed by atoms with Crippen molar-refractivity contribution in [3.8, 4) is 11.1 Å². The van der Waals surface area contributed by atoms with Gasteiger partial charge in [0.15, 0.2) is 0 Å². The molecule has 0 atom stereocenters. The van der Waals surface area contributed by atoms with Crippen molar-refractivity contribution in [1.82, 2.24) is 0 Å². The Balaban J connectivity index is 2.11. The van der Waals surface area contributed by atoms with Crippen LogP contribution in [0.25, 0.3) is 11.1 Å². The first-order chi connectivity index (χ1) is 12.6. The lowest BCUT2D eigenvalue weighted by molar-refractivity contribution is -0.384. The second-order valence-corrected chi connectivity index (χ2v) is 5.91. The third-order valence-electron chi connectivity index (χ3n) is 3.90. The minimum atomic E-state index is -0.392. The number of nitro benzene ring substituents is 1. The minimum Gasteiger partial charge on any atom is -0.377 e. The molecule has 0 aliphatic heterocycles. The SMILES string of the molecule is CN(C)c1ccc([N+](=O)[O-])cc1-c1ccccc1/N=N/c1ccccc1. The van der Waals surface area contributed by atoms with Gasteiger partial charge < -0.3 is 4.90 Å². The molecule has 26 heavy (non-hydrogen) atoms. The molecular weight excluding hydrogens is 328 g/mol. The van der Waals surface area contributed by atoms with Crippen LogP contribution in [-0.4, -0.2) is 19.0 Å². The van der Waals surface area contributed by atoms with Gasteiger partial charge in [-0.05, 0) is 24.3 Å². The van der Waals surface area contributed by atoms with E-state index in [1.807, 2.05) is 73.6 Å². The Bertz CT molecular complexity index is 953. The molecule has 0 saturated heterocycles. The zero-order valence-corrected chi connectivity index (χ0v) is 14.5. The first kappa shape index (κ1) is 17.3. The lowest BCUT2D eigenvalue weighted by Crippen LogP contribution is -2.10. The Morgan fingerprint density at radius 1 is 0.846 bits per heavy atom. The highest BCUT2D eigenvalue weighted by atomic mass is 16.6. The molecule has 0 fully saturated rings. The van der Waals surface area contributed by atoms with E-state index in [1.54, 1.807) is 12.1 Å². The normalized spacial score (nSPS) is 10.8. The Labute approximate surface area is 151 Å². The highest BCUT2D eigenvalue weighted by Gasteiger charge is 2.16. The van der Waals surface area contributed by atoms with Crippen LogP contribution >= 0.6 is 0 Å². The van der Waals surface area contributed by atoms with Crippen LogP contribution < -0.4 is 4.90 Å². The van der Waals surface area contributed by atoms with Crippen LogP contribution in [0.1, 0.15) is 0 Å². The van der Waals surface area contributed by atoms with Crippen molar-refractivity contribution in [3.63, 3.8) is 0 Å². The summed E-state index contributed by atoms with van der Waals surface area (Å²) in [6, 6.07) is 21.8. The Kier molecular flexibility index (Phi) is 5.03. The molecule has 0 saturated carbocycles. The maximum Gasteiger partial charge on any atom is 0.270 e. The molecule has 6 nitrogen and oxygen atoms in total. The third-order valence-corrected chi connectivity index (χ3v) is 3.90. The highest BCUT2D eigenvalue weighted by molar-refractivity contribution is 5.86. The number of benzene rings is 3. The fourth-order valence-electron chi connectivity index (χ4n) is 2.64. The van der Waals surface area contributed by atoms with Crippen LogP contribution in [0.5, 0.6) is 0 Å². The summed E-state index contributed by atoms with van der Waals surface area (Å²) < 4.78 is 0. The second-order valence-electron chi connectivity index (χ2n) is 5.91. The lowest BCUT2D eigenvalue weighted by Gasteiger charge is -2.18. The van der Waals surface area contributed by atoms with Gasteiger partial charge in [-0.3, -0.25) is 10.1 Å². The zero-order chi connectivity index (χ0) is 18.5. The largest absolute Gasteiger partial charge is 0.377 e. The van der Waals surface area contributed by atoms with E-state index in [9.17, 15) is 10.1 Å². The van der Waals surface area contributed by atoms with E-state index in [0.29, 0.717) is 5.69 Å². The van der Waals surface area contributed by atoms with Crippen molar-refractivity contribution in [3.05, 3.63) is 82.9 Å². The molecule has 3 aromatic rings. The maximum absolute atomic E-state index is 11.2. The molecule has 0 unspecified atom stereocenters. The van der Waals surface area contributed by atoms with Gasteiger partial charge in [-0.25, -0.2) is 0 Å². The number of azo groups is 1. The van der Waals surface area contributed by atoms with Gasteiger partial charge in [-0.1, -0.05) is 36.4 Å². The van der Waals surface area contributed by atoms with E-state index in [2.05, 4.69) is 10.2 Å². The zero-order valence-electron chi connectivity index (χ0n) is 14.5. The second kappa shape index (κ2) is 7.57. The Morgan fingerprint density at radius 3 is 2.23 bits per heavy atom. The molecule has 6 heteroatoms. The van der Waals surface area contributed by atoms with Crippen molar-refractivity contribution in [2.24, 2.45) is 10.2 Å². The fourth-order valence-corrected chi connectivity index (χ4v) is 2.64. The van der Waals surface area contributed by atoms with Crippen LogP contribution in [-0.2, 0) is 0 Å². The molecule has 3 aromatic carbocycles. The topological polar surface area (TPSA) is 71.1 Å². The lowest BCUT2D eigenvalue weighted by atomic mass is 10.0. The summed E-state index contributed by atoms with van der Waals surface area (Å²) in [6.45, 7) is 0. The van der Waals surface area contributed by atoms with Gasteiger partial charge in [0, 0.05) is 43.0 Å². The van der Waals surface area contributed by atoms with Gasteiger partial charge in [-0.2, -0.15) is 5.11 Å². The summed E-state index contributed by atoms with van der Waals surface area (Å²) in [7, 11) is 3.80. The van der Waals surface area contributed by atoms with Crippen molar-refractivity contribution >= 4 is 22.7 Å². The van der Waals surface area contributed by atoms with Crippen LogP contribution in [0.2, 0.25) is 0 Å². The molecule has 0 aliphatic carbocycles. The summed E-state index contributed by atoms with van der Waals surface area (Å²) in [5.41, 5.74) is 3.85. The molecule has 130 valence electrons. The average molecular weight is 346 g/mol. The number of hydrogen-bond donors (Lipinski definition) is 0. The summed E-state index contributed by atoms with van der Waals surface area (Å²) in [4.78, 5) is 12.7. The number of anilines is 1. The minimum absolute atomic E-state index is 0.0420. The molecular formula is C20H18N4O2. The van der Waals surface area contributed by atoms with Gasteiger partial charge in [0.05, 0.1) is 16.3 Å². The van der Waals surface area contributed by atoms with Gasteiger partial charge >= 0.3 is 0 Å². The molecule has 0 heterocycles. The number of hydrogen-bond acceptors (Lipinski definition) is 5. The van der Waals surface area contributed by atoms with Gasteiger partial charge in [0.1, 0.15) is 0 Å². The molecule has 0 spiro atoms. The van der Waals surface area contributed by atoms with Gasteiger partial charge in [0.25, 0.3) is 5.69 Å². The van der Waals surface area contributed by atoms with E-state index < -0.39 is 4.92 Å². The summed E-state index contributed by atoms with van der Waals surface area (Å²) in [5.74, 6) is 0. The number of nitrogens with zero attached hydrogens (tertiary/aromatic N) is 4. The van der Waals surface area contributed by atoms with Crippen molar-refractivity contribution in [2.45, 2.75) is 0 Å². The van der Waals surface area contributed by atoms with Gasteiger partial charge in [0.2, 0.25) is 0 Å². The first-order valence-electron chi connectivity index (χ1n) is 8.08. The smallest absolute Gasteiger partial charge is 0.270 e. The predicted molar refractivity (Wildman–Crippen MR) is 103 cm³/mol. The Morgan fingerprint density at radius 2 is 1.54 bits per heavy atom. The predicted octanol–water partition coefficient (Wildman–Crippen LogP) is 5.74. The van der Waals surface area contributed by atoms with Gasteiger partial charge in [-0.15, -0.1) is 5.11 Å². The van der Waals surface area contributed by atoms with E-state index in [1.165, 1.54) is 6.07 Å². The molecule has 0 bridgehead atoms. The van der Waals surface area contributed by atoms with E-state index in [4.69, 9.17) is 0 Å². The quantitative estimate of drug-likeness (QED) is 0.336. The molecule has 0 amide bonds. The van der Waals surface area contributed by atoms with Crippen LogP contribution in [0.4, 0.5) is 22.7 Å². The maximum atomic E-state index is 11.2. The van der Waals surface area contributed by atoms with Crippen molar-refractivity contribution < 1.29 is 4.92 Å². The van der Waals surface area contributed by atoms with Crippen LogP contribution in [0, 0.1) is 10.1 Å². The number of rotatable bonds is 5. The first-order valence-corrected chi connectivity index (χ1v) is 8.08. The molecule has 0 radical (unpaired) electrons. The molecule has 0 N–H and O–H groups in total. The third kappa shape index (κ3) is 3.75. The molecule has 0 aromatic heterocycles. The average Bonchev–Trinajstić information content (AvgIpc) is 2.67. The van der Waals surface area contributed by atoms with Crippen molar-refractivity contribution in [1.29, 1.82) is 0 Å². The summed E-state index contributed by atoms with van der Waals surface area (Å²) in [5, 5.41) is 19.8. The fraction of sp³-hybridized carbons (Fsp3) is 0.100. The highest BCUT2D eigenvalue weighted by Crippen LogP contribution is 2.38. The monoisotopic (exact) mass is 346 g/mol. The van der Waals surface area contributed by atoms with Crippen molar-refractivity contribution in [2.75, 3.05) is 19.0 Å². The van der Waals surface area contributed by atoms with Crippen LogP contribution in [0.3, 0.4) is 0 Å². The standard InChI is InChI=1S/C20H18N4O2/c1-23(2)20-13-12-16(24(25)26)14-18(20)17-10-6-7-11-19(17)22-21-15-8-4-3-5-9-15/h3-14H,1-2H3/b22-21+.